The summed E-state index contributed by atoms with van der Waals surface area (Å²) in [6.07, 6.45) is 2.16. The van der Waals surface area contributed by atoms with E-state index >= 15 is 0 Å². The Morgan fingerprint density at radius 2 is 2.17 bits per heavy atom. The SMILES string of the molecule is COc1ccc2nc(CN3CCC[C@@H](c4nnc(-c5scnc5C)o4)C3)ccc2c1. The second-order valence-electron chi connectivity index (χ2n) is 7.65. The van der Waals surface area contributed by atoms with Gasteiger partial charge in [0.05, 0.1) is 35.4 Å². The van der Waals surface area contributed by atoms with E-state index in [1.54, 1.807) is 7.11 Å². The van der Waals surface area contributed by atoms with Gasteiger partial charge in [0.15, 0.2) is 0 Å². The molecule has 0 spiro atoms. The molecule has 1 aliphatic heterocycles. The van der Waals surface area contributed by atoms with E-state index in [0.29, 0.717) is 5.89 Å². The zero-order chi connectivity index (χ0) is 20.5. The Morgan fingerprint density at radius 3 is 3.00 bits per heavy atom. The number of ether oxygens (including phenoxy) is 1. The number of methoxy groups -OCH3 is 1. The number of rotatable bonds is 5. The highest BCUT2D eigenvalue weighted by molar-refractivity contribution is 7.13. The molecule has 1 aliphatic rings. The summed E-state index contributed by atoms with van der Waals surface area (Å²) < 4.78 is 11.3. The summed E-state index contributed by atoms with van der Waals surface area (Å²) in [6.45, 7) is 4.72. The molecule has 1 atom stereocenters. The minimum atomic E-state index is 0.248. The monoisotopic (exact) mass is 421 g/mol. The van der Waals surface area contributed by atoms with E-state index in [1.807, 2.05) is 30.6 Å². The molecule has 0 saturated carbocycles. The van der Waals surface area contributed by atoms with Crippen molar-refractivity contribution in [1.29, 1.82) is 0 Å². The quantitative estimate of drug-likeness (QED) is 0.471. The number of hydrogen-bond donors (Lipinski definition) is 0. The van der Waals surface area contributed by atoms with Crippen LogP contribution in [0.5, 0.6) is 5.75 Å². The molecule has 8 heteroatoms. The van der Waals surface area contributed by atoms with Crippen LogP contribution in [0.3, 0.4) is 0 Å². The third-order valence-electron chi connectivity index (χ3n) is 5.57. The molecular formula is C22H23N5O2S. The van der Waals surface area contributed by atoms with Crippen LogP contribution in [0.1, 0.15) is 36.0 Å². The van der Waals surface area contributed by atoms with E-state index in [0.717, 1.165) is 71.3 Å². The van der Waals surface area contributed by atoms with Crippen LogP contribution < -0.4 is 4.74 Å². The van der Waals surface area contributed by atoms with E-state index in [-0.39, 0.29) is 5.92 Å². The van der Waals surface area contributed by atoms with Gasteiger partial charge in [-0.15, -0.1) is 21.5 Å². The van der Waals surface area contributed by atoms with Gasteiger partial charge in [0.2, 0.25) is 5.89 Å². The van der Waals surface area contributed by atoms with Crippen LogP contribution in [-0.4, -0.2) is 45.3 Å². The number of fused-ring (bicyclic) bond motifs is 1. The molecule has 154 valence electrons. The maximum atomic E-state index is 6.02. The van der Waals surface area contributed by atoms with Crippen LogP contribution >= 0.6 is 11.3 Å². The largest absolute Gasteiger partial charge is 0.497 e. The first-order chi connectivity index (χ1) is 14.7. The molecule has 0 N–H and O–H groups in total. The van der Waals surface area contributed by atoms with E-state index in [9.17, 15) is 0 Å². The van der Waals surface area contributed by atoms with Crippen molar-refractivity contribution < 1.29 is 9.15 Å². The maximum Gasteiger partial charge on any atom is 0.259 e. The molecule has 1 saturated heterocycles. The second kappa shape index (κ2) is 8.12. The molecule has 7 nitrogen and oxygen atoms in total. The summed E-state index contributed by atoms with van der Waals surface area (Å²) in [6, 6.07) is 10.2. The number of aryl methyl sites for hydroxylation is 1. The van der Waals surface area contributed by atoms with E-state index in [1.165, 1.54) is 11.3 Å². The number of likely N-dealkylation sites (tertiary alicyclic amines) is 1. The minimum Gasteiger partial charge on any atom is -0.497 e. The normalized spacial score (nSPS) is 17.5. The fourth-order valence-corrected chi connectivity index (χ4v) is 4.71. The van der Waals surface area contributed by atoms with Gasteiger partial charge in [-0.3, -0.25) is 9.88 Å². The second-order valence-corrected chi connectivity index (χ2v) is 8.50. The predicted molar refractivity (Wildman–Crippen MR) is 116 cm³/mol. The lowest BCUT2D eigenvalue weighted by Crippen LogP contribution is -2.34. The van der Waals surface area contributed by atoms with Gasteiger partial charge in [-0.05, 0) is 50.6 Å². The molecule has 1 aromatic carbocycles. The van der Waals surface area contributed by atoms with Gasteiger partial charge in [-0.1, -0.05) is 6.07 Å². The fraction of sp³-hybridized carbons (Fsp3) is 0.364. The molecule has 0 amide bonds. The van der Waals surface area contributed by atoms with Gasteiger partial charge in [0.25, 0.3) is 5.89 Å². The summed E-state index contributed by atoms with van der Waals surface area (Å²) in [5.41, 5.74) is 4.80. The highest BCUT2D eigenvalue weighted by Gasteiger charge is 2.27. The van der Waals surface area contributed by atoms with Gasteiger partial charge < -0.3 is 9.15 Å². The van der Waals surface area contributed by atoms with Crippen molar-refractivity contribution in [2.24, 2.45) is 0 Å². The molecule has 4 aromatic rings. The Kier molecular flexibility index (Phi) is 5.18. The molecule has 1 fully saturated rings. The van der Waals surface area contributed by atoms with E-state index in [4.69, 9.17) is 14.1 Å². The molecule has 0 aliphatic carbocycles. The summed E-state index contributed by atoms with van der Waals surface area (Å²) in [5, 5.41) is 9.70. The predicted octanol–water partition coefficient (Wildman–Crippen LogP) is 4.44. The summed E-state index contributed by atoms with van der Waals surface area (Å²) >= 11 is 1.53. The summed E-state index contributed by atoms with van der Waals surface area (Å²) in [4.78, 5) is 12.5. The van der Waals surface area contributed by atoms with E-state index in [2.05, 4.69) is 32.2 Å². The number of benzene rings is 1. The first-order valence-corrected chi connectivity index (χ1v) is 11.0. The lowest BCUT2D eigenvalue weighted by molar-refractivity contribution is 0.185. The van der Waals surface area contributed by atoms with Crippen molar-refractivity contribution in [2.75, 3.05) is 20.2 Å². The van der Waals surface area contributed by atoms with Crippen LogP contribution in [0, 0.1) is 6.92 Å². The minimum absolute atomic E-state index is 0.248. The molecule has 3 aromatic heterocycles. The van der Waals surface area contributed by atoms with Crippen molar-refractivity contribution in [2.45, 2.75) is 32.2 Å². The molecular weight excluding hydrogens is 398 g/mol. The van der Waals surface area contributed by atoms with Crippen molar-refractivity contribution >= 4 is 22.2 Å². The number of pyridine rings is 1. The number of hydrogen-bond acceptors (Lipinski definition) is 8. The third-order valence-corrected chi connectivity index (χ3v) is 6.49. The first kappa shape index (κ1) is 19.1. The highest BCUT2D eigenvalue weighted by Crippen LogP contribution is 2.31. The van der Waals surface area contributed by atoms with Crippen LogP contribution in [0.2, 0.25) is 0 Å². The van der Waals surface area contributed by atoms with Gasteiger partial charge >= 0.3 is 0 Å². The highest BCUT2D eigenvalue weighted by atomic mass is 32.1. The van der Waals surface area contributed by atoms with Gasteiger partial charge in [-0.25, -0.2) is 4.98 Å². The van der Waals surface area contributed by atoms with Gasteiger partial charge in [0.1, 0.15) is 10.6 Å². The van der Waals surface area contributed by atoms with Crippen molar-refractivity contribution in [3.63, 3.8) is 0 Å². The smallest absolute Gasteiger partial charge is 0.259 e. The topological polar surface area (TPSA) is 77.2 Å². The zero-order valence-electron chi connectivity index (χ0n) is 17.0. The number of aromatic nitrogens is 4. The fourth-order valence-electron chi connectivity index (χ4n) is 3.99. The third kappa shape index (κ3) is 3.80. The Hall–Kier alpha value is -2.84. The van der Waals surface area contributed by atoms with E-state index < -0.39 is 0 Å². The Labute approximate surface area is 178 Å². The van der Waals surface area contributed by atoms with Crippen LogP contribution in [-0.2, 0) is 6.54 Å². The lowest BCUT2D eigenvalue weighted by Gasteiger charge is -2.30. The van der Waals surface area contributed by atoms with Crippen molar-refractivity contribution in [3.8, 4) is 16.5 Å². The summed E-state index contributed by atoms with van der Waals surface area (Å²) in [5.74, 6) is 2.40. The van der Waals surface area contributed by atoms with Gasteiger partial charge in [-0.2, -0.15) is 0 Å². The molecule has 0 unspecified atom stereocenters. The molecule has 4 heterocycles. The Morgan fingerprint density at radius 1 is 1.23 bits per heavy atom. The molecule has 0 radical (unpaired) electrons. The Balaban J connectivity index is 1.29. The van der Waals surface area contributed by atoms with Crippen LogP contribution in [0.4, 0.5) is 0 Å². The first-order valence-electron chi connectivity index (χ1n) is 10.1. The zero-order valence-corrected chi connectivity index (χ0v) is 17.9. The number of nitrogens with zero attached hydrogens (tertiary/aromatic N) is 5. The van der Waals surface area contributed by atoms with Crippen LogP contribution in [0.25, 0.3) is 21.7 Å². The number of piperidine rings is 1. The van der Waals surface area contributed by atoms with Gasteiger partial charge in [0, 0.05) is 18.5 Å². The lowest BCUT2D eigenvalue weighted by atomic mass is 9.98. The molecule has 30 heavy (non-hydrogen) atoms. The molecule has 5 rings (SSSR count). The van der Waals surface area contributed by atoms with Crippen molar-refractivity contribution in [3.05, 3.63) is 53.1 Å². The molecule has 0 bridgehead atoms. The standard InChI is InChI=1S/C22H23N5O2S/c1-14-20(30-13-23-14)22-26-25-21(29-22)16-4-3-9-27(11-16)12-17-6-5-15-10-18(28-2)7-8-19(15)24-17/h5-8,10,13,16H,3-4,9,11-12H2,1-2H3/t16-/m1/s1. The average Bonchev–Trinajstić information content (AvgIpc) is 3.42. The maximum absolute atomic E-state index is 6.02. The van der Waals surface area contributed by atoms with Crippen molar-refractivity contribution in [1.82, 2.24) is 25.1 Å². The average molecular weight is 422 g/mol. The van der Waals surface area contributed by atoms with Crippen LogP contribution in [0.15, 0.2) is 40.3 Å². The summed E-state index contributed by atoms with van der Waals surface area (Å²) in [7, 11) is 1.68. The number of thiazole rings is 1. The Bertz CT molecular complexity index is 1170.